The minimum absolute atomic E-state index is 0.327. The van der Waals surface area contributed by atoms with Crippen LogP contribution in [-0.4, -0.2) is 24.3 Å². The van der Waals surface area contributed by atoms with Crippen molar-refractivity contribution in [1.82, 2.24) is 0 Å². The molecule has 1 atom stereocenters. The fraction of sp³-hybridized carbons (Fsp3) is 0.375. The van der Waals surface area contributed by atoms with Gasteiger partial charge in [0.25, 0.3) is 0 Å². The molecule has 0 saturated carbocycles. The van der Waals surface area contributed by atoms with Gasteiger partial charge in [-0.1, -0.05) is 12.2 Å². The lowest BCUT2D eigenvalue weighted by atomic mass is 10.0. The zero-order valence-corrected chi connectivity index (χ0v) is 6.28. The molecule has 0 amide bonds. The Labute approximate surface area is 65.0 Å². The molecule has 1 aliphatic rings. The van der Waals surface area contributed by atoms with E-state index in [1.165, 1.54) is 13.2 Å². The number of methoxy groups -OCH3 is 1. The second-order valence-electron chi connectivity index (χ2n) is 2.41. The summed E-state index contributed by atoms with van der Waals surface area (Å²) in [5.41, 5.74) is 0.576. The van der Waals surface area contributed by atoms with E-state index in [9.17, 15) is 9.90 Å². The van der Waals surface area contributed by atoms with Gasteiger partial charge in [0.15, 0.2) is 5.79 Å². The zero-order valence-electron chi connectivity index (χ0n) is 6.28. The normalized spacial score (nSPS) is 29.8. The summed E-state index contributed by atoms with van der Waals surface area (Å²) in [5.74, 6) is -1.22. The molecule has 0 radical (unpaired) electrons. The summed E-state index contributed by atoms with van der Waals surface area (Å²) in [4.78, 5) is 10.2. The van der Waals surface area contributed by atoms with Gasteiger partial charge in [0.1, 0.15) is 6.29 Å². The molecule has 1 aliphatic carbocycles. The van der Waals surface area contributed by atoms with Gasteiger partial charge in [-0.15, -0.1) is 0 Å². The van der Waals surface area contributed by atoms with E-state index in [0.717, 1.165) is 6.29 Å². The summed E-state index contributed by atoms with van der Waals surface area (Å²) in [7, 11) is 1.42. The lowest BCUT2D eigenvalue weighted by Gasteiger charge is -2.23. The highest BCUT2D eigenvalue weighted by molar-refractivity contribution is 5.77. The van der Waals surface area contributed by atoms with Crippen LogP contribution in [0.3, 0.4) is 0 Å². The Balaban J connectivity index is 2.70. The first kappa shape index (κ1) is 8.17. The molecular weight excluding hydrogens is 144 g/mol. The Bertz CT molecular complexity index is 217. The standard InChI is InChI=1S/C8H10O3/c1-11-8(10)4-2-7(6-9)3-5-8/h2-4,6,10H,5H2,1H3. The first-order chi connectivity index (χ1) is 5.20. The molecule has 11 heavy (non-hydrogen) atoms. The maximum atomic E-state index is 10.2. The van der Waals surface area contributed by atoms with Crippen molar-refractivity contribution in [2.75, 3.05) is 7.11 Å². The third-order valence-electron chi connectivity index (χ3n) is 1.66. The second-order valence-corrected chi connectivity index (χ2v) is 2.41. The van der Waals surface area contributed by atoms with E-state index in [1.54, 1.807) is 12.2 Å². The van der Waals surface area contributed by atoms with Crippen molar-refractivity contribution in [3.05, 3.63) is 23.8 Å². The number of allylic oxidation sites excluding steroid dienone is 2. The Kier molecular flexibility index (Phi) is 2.22. The lowest BCUT2D eigenvalue weighted by Crippen LogP contribution is -2.28. The molecule has 0 aromatic heterocycles. The van der Waals surface area contributed by atoms with Crippen LogP contribution in [0.1, 0.15) is 6.42 Å². The van der Waals surface area contributed by atoms with Crippen molar-refractivity contribution >= 4 is 6.29 Å². The van der Waals surface area contributed by atoms with Crippen molar-refractivity contribution in [3.8, 4) is 0 Å². The SMILES string of the molecule is COC1(O)C=CC(C=O)=CC1. The summed E-state index contributed by atoms with van der Waals surface area (Å²) in [6, 6.07) is 0. The van der Waals surface area contributed by atoms with Crippen LogP contribution in [-0.2, 0) is 9.53 Å². The first-order valence-corrected chi connectivity index (χ1v) is 3.32. The van der Waals surface area contributed by atoms with Gasteiger partial charge in [0, 0.05) is 19.1 Å². The van der Waals surface area contributed by atoms with Gasteiger partial charge in [-0.2, -0.15) is 0 Å². The summed E-state index contributed by atoms with van der Waals surface area (Å²) in [5, 5.41) is 9.42. The van der Waals surface area contributed by atoms with Crippen molar-refractivity contribution in [2.24, 2.45) is 0 Å². The van der Waals surface area contributed by atoms with E-state index in [2.05, 4.69) is 0 Å². The smallest absolute Gasteiger partial charge is 0.188 e. The lowest BCUT2D eigenvalue weighted by molar-refractivity contribution is -0.143. The highest BCUT2D eigenvalue weighted by Crippen LogP contribution is 2.20. The van der Waals surface area contributed by atoms with Crippen LogP contribution in [0.25, 0.3) is 0 Å². The number of ether oxygens (including phenoxy) is 1. The minimum Gasteiger partial charge on any atom is -0.362 e. The molecule has 60 valence electrons. The van der Waals surface area contributed by atoms with Crippen molar-refractivity contribution < 1.29 is 14.6 Å². The minimum atomic E-state index is -1.22. The first-order valence-electron chi connectivity index (χ1n) is 3.32. The van der Waals surface area contributed by atoms with E-state index in [0.29, 0.717) is 12.0 Å². The molecule has 0 bridgehead atoms. The summed E-state index contributed by atoms with van der Waals surface area (Å²) in [6.07, 6.45) is 5.72. The molecule has 1 rings (SSSR count). The van der Waals surface area contributed by atoms with Gasteiger partial charge in [-0.25, -0.2) is 0 Å². The number of aldehydes is 1. The largest absolute Gasteiger partial charge is 0.362 e. The van der Waals surface area contributed by atoms with Crippen LogP contribution in [0.15, 0.2) is 23.8 Å². The number of hydrogen-bond acceptors (Lipinski definition) is 3. The fourth-order valence-corrected chi connectivity index (χ4v) is 0.865. The summed E-state index contributed by atoms with van der Waals surface area (Å²) >= 11 is 0. The molecular formula is C8H10O3. The van der Waals surface area contributed by atoms with E-state index < -0.39 is 5.79 Å². The van der Waals surface area contributed by atoms with Crippen LogP contribution in [0, 0.1) is 0 Å². The number of carbonyl (C=O) groups is 1. The summed E-state index contributed by atoms with van der Waals surface area (Å²) in [6.45, 7) is 0. The van der Waals surface area contributed by atoms with E-state index >= 15 is 0 Å². The molecule has 0 aromatic carbocycles. The van der Waals surface area contributed by atoms with Crippen LogP contribution >= 0.6 is 0 Å². The monoisotopic (exact) mass is 154 g/mol. The van der Waals surface area contributed by atoms with E-state index in [-0.39, 0.29) is 0 Å². The molecule has 0 heterocycles. The zero-order chi connectivity index (χ0) is 8.32. The molecule has 0 aliphatic heterocycles. The van der Waals surface area contributed by atoms with E-state index in [4.69, 9.17) is 4.74 Å². The number of rotatable bonds is 2. The van der Waals surface area contributed by atoms with Crippen LogP contribution in [0.5, 0.6) is 0 Å². The Morgan fingerprint density at radius 3 is 2.91 bits per heavy atom. The Morgan fingerprint density at radius 1 is 1.82 bits per heavy atom. The molecule has 3 nitrogen and oxygen atoms in total. The van der Waals surface area contributed by atoms with Gasteiger partial charge in [-0.05, 0) is 6.08 Å². The average Bonchev–Trinajstić information content (AvgIpc) is 2.06. The van der Waals surface area contributed by atoms with Gasteiger partial charge in [0.2, 0.25) is 0 Å². The van der Waals surface area contributed by atoms with Crippen molar-refractivity contribution in [1.29, 1.82) is 0 Å². The highest BCUT2D eigenvalue weighted by Gasteiger charge is 2.23. The number of hydrogen-bond donors (Lipinski definition) is 1. The topological polar surface area (TPSA) is 46.5 Å². The third-order valence-corrected chi connectivity index (χ3v) is 1.66. The van der Waals surface area contributed by atoms with Gasteiger partial charge in [0.05, 0.1) is 0 Å². The molecule has 1 unspecified atom stereocenters. The van der Waals surface area contributed by atoms with Gasteiger partial charge in [-0.3, -0.25) is 4.79 Å². The summed E-state index contributed by atoms with van der Waals surface area (Å²) < 4.78 is 4.78. The molecule has 0 saturated heterocycles. The van der Waals surface area contributed by atoms with Crippen molar-refractivity contribution in [2.45, 2.75) is 12.2 Å². The highest BCUT2D eigenvalue weighted by atomic mass is 16.6. The number of aliphatic hydroxyl groups is 1. The average molecular weight is 154 g/mol. The maximum absolute atomic E-state index is 10.2. The molecule has 0 fully saturated rings. The Hall–Kier alpha value is -0.930. The quantitative estimate of drug-likeness (QED) is 0.462. The fourth-order valence-electron chi connectivity index (χ4n) is 0.865. The second kappa shape index (κ2) is 2.98. The molecule has 3 heteroatoms. The van der Waals surface area contributed by atoms with Gasteiger partial charge >= 0.3 is 0 Å². The van der Waals surface area contributed by atoms with E-state index in [1.807, 2.05) is 0 Å². The molecule has 1 N–H and O–H groups in total. The molecule has 0 aromatic rings. The number of carbonyl (C=O) groups excluding carboxylic acids is 1. The van der Waals surface area contributed by atoms with Crippen LogP contribution in [0.2, 0.25) is 0 Å². The van der Waals surface area contributed by atoms with Gasteiger partial charge < -0.3 is 9.84 Å². The third kappa shape index (κ3) is 1.76. The molecule has 0 spiro atoms. The van der Waals surface area contributed by atoms with Crippen LogP contribution < -0.4 is 0 Å². The maximum Gasteiger partial charge on any atom is 0.188 e. The van der Waals surface area contributed by atoms with Crippen LogP contribution in [0.4, 0.5) is 0 Å². The predicted molar refractivity (Wildman–Crippen MR) is 39.9 cm³/mol. The predicted octanol–water partition coefficient (Wildman–Crippen LogP) is 0.407. The Morgan fingerprint density at radius 2 is 2.55 bits per heavy atom. The van der Waals surface area contributed by atoms with Crippen molar-refractivity contribution in [3.63, 3.8) is 0 Å².